The number of halogens is 4. The first kappa shape index (κ1) is 17.2. The van der Waals surface area contributed by atoms with Gasteiger partial charge in [-0.2, -0.15) is 0 Å². The summed E-state index contributed by atoms with van der Waals surface area (Å²) < 4.78 is 16.2. The molecule has 0 radical (unpaired) electrons. The molecule has 1 nitrogen and oxygen atoms in total. The predicted molar refractivity (Wildman–Crippen MR) is 98.4 cm³/mol. The molecule has 0 aromatic heterocycles. The predicted octanol–water partition coefficient (Wildman–Crippen LogP) is 5.74. The van der Waals surface area contributed by atoms with Crippen LogP contribution in [0, 0.1) is 9.39 Å². The molecule has 0 bridgehead atoms. The summed E-state index contributed by atoms with van der Waals surface area (Å²) in [6, 6.07) is 11.1. The molecule has 1 unspecified atom stereocenters. The number of rotatable bonds is 5. The maximum absolute atomic E-state index is 14.0. The van der Waals surface area contributed by atoms with Crippen LogP contribution >= 0.6 is 50.1 Å². The van der Waals surface area contributed by atoms with Gasteiger partial charge in [0.1, 0.15) is 5.82 Å². The molecule has 1 atom stereocenters. The van der Waals surface area contributed by atoms with Crippen molar-refractivity contribution in [3.8, 4) is 0 Å². The molecule has 0 aliphatic rings. The summed E-state index contributed by atoms with van der Waals surface area (Å²) in [6.07, 6.45) is 0.579. The van der Waals surface area contributed by atoms with Crippen molar-refractivity contribution in [2.24, 2.45) is 0 Å². The van der Waals surface area contributed by atoms with Crippen LogP contribution in [0.2, 0.25) is 5.02 Å². The Morgan fingerprint density at radius 1 is 1.29 bits per heavy atom. The molecule has 0 saturated carbocycles. The Morgan fingerprint density at radius 2 is 2.05 bits per heavy atom. The Bertz CT molecular complexity index is 636. The third kappa shape index (κ3) is 4.65. The van der Waals surface area contributed by atoms with E-state index in [9.17, 15) is 4.39 Å². The molecule has 0 aliphatic carbocycles. The summed E-state index contributed by atoms with van der Waals surface area (Å²) in [7, 11) is 0. The average molecular weight is 483 g/mol. The minimum atomic E-state index is -0.257. The fraction of sp³-hybridized carbons (Fsp3) is 0.250. The highest BCUT2D eigenvalue weighted by Crippen LogP contribution is 2.29. The van der Waals surface area contributed by atoms with Crippen molar-refractivity contribution in [2.45, 2.75) is 19.4 Å². The zero-order valence-corrected chi connectivity index (χ0v) is 16.0. The smallest absolute Gasteiger partial charge is 0.127 e. The van der Waals surface area contributed by atoms with Crippen LogP contribution in [0.1, 0.15) is 24.1 Å². The number of likely N-dealkylation sites (N-methyl/N-ethyl adjacent to an activating group) is 1. The van der Waals surface area contributed by atoms with Crippen LogP contribution in [-0.4, -0.2) is 6.54 Å². The highest BCUT2D eigenvalue weighted by molar-refractivity contribution is 14.1. The van der Waals surface area contributed by atoms with Crippen molar-refractivity contribution in [3.63, 3.8) is 0 Å². The Labute approximate surface area is 151 Å². The summed E-state index contributed by atoms with van der Waals surface area (Å²) in [6.45, 7) is 2.87. The van der Waals surface area contributed by atoms with E-state index < -0.39 is 0 Å². The van der Waals surface area contributed by atoms with Gasteiger partial charge in [-0.3, -0.25) is 0 Å². The standard InChI is InChI=1S/C16H15BrClFIN/c1-2-21-16(13-9-12(20)5-6-14(13)17)7-10-3-4-11(18)8-15(10)19/h3-6,8-9,16,21H,2,7H2,1H3. The minimum Gasteiger partial charge on any atom is -0.310 e. The monoisotopic (exact) mass is 481 g/mol. The van der Waals surface area contributed by atoms with Crippen LogP contribution in [0.15, 0.2) is 40.9 Å². The summed E-state index contributed by atoms with van der Waals surface area (Å²) in [5, 5.41) is 3.85. The quantitative estimate of drug-likeness (QED) is 0.536. The number of hydrogen-bond acceptors (Lipinski definition) is 1. The Balaban J connectivity index is 2.32. The van der Waals surface area contributed by atoms with Gasteiger partial charge in [-0.15, -0.1) is 0 Å². The van der Waals surface area contributed by atoms with Crippen LogP contribution in [0.3, 0.4) is 0 Å². The maximum Gasteiger partial charge on any atom is 0.127 e. The first-order valence-corrected chi connectivity index (χ1v) is 8.88. The molecule has 2 aromatic rings. The van der Waals surface area contributed by atoms with E-state index in [0.717, 1.165) is 20.2 Å². The van der Waals surface area contributed by atoms with E-state index in [1.54, 1.807) is 12.1 Å². The molecule has 0 saturated heterocycles. The van der Waals surface area contributed by atoms with Gasteiger partial charge in [0.05, 0.1) is 0 Å². The molecule has 0 aliphatic heterocycles. The number of hydrogen-bond donors (Lipinski definition) is 1. The van der Waals surface area contributed by atoms with Crippen molar-refractivity contribution >= 4 is 50.1 Å². The second-order valence-corrected chi connectivity index (χ2v) is 7.25. The first-order valence-electron chi connectivity index (χ1n) is 6.63. The molecular weight excluding hydrogens is 467 g/mol. The molecule has 112 valence electrons. The van der Waals surface area contributed by atoms with Crippen molar-refractivity contribution in [1.82, 2.24) is 5.32 Å². The number of benzene rings is 2. The second-order valence-electron chi connectivity index (χ2n) is 4.72. The normalized spacial score (nSPS) is 12.4. The molecule has 2 rings (SSSR count). The van der Waals surface area contributed by atoms with Crippen molar-refractivity contribution in [2.75, 3.05) is 6.54 Å². The van der Waals surface area contributed by atoms with E-state index in [0.29, 0.717) is 17.0 Å². The summed E-state index contributed by atoms with van der Waals surface area (Å²) in [5.41, 5.74) is 1.80. The van der Waals surface area contributed by atoms with Crippen LogP contribution in [0.5, 0.6) is 0 Å². The van der Waals surface area contributed by atoms with Gasteiger partial charge in [-0.1, -0.05) is 40.5 Å². The molecular formula is C16H15BrClFIN. The third-order valence-electron chi connectivity index (χ3n) is 3.22. The molecule has 2 aromatic carbocycles. The lowest BCUT2D eigenvalue weighted by Crippen LogP contribution is -2.23. The molecule has 0 heterocycles. The van der Waals surface area contributed by atoms with Gasteiger partial charge in [0, 0.05) is 19.1 Å². The fourth-order valence-electron chi connectivity index (χ4n) is 2.23. The molecule has 5 heteroatoms. The van der Waals surface area contributed by atoms with Gasteiger partial charge in [0.25, 0.3) is 0 Å². The van der Waals surface area contributed by atoms with E-state index in [4.69, 9.17) is 11.6 Å². The van der Waals surface area contributed by atoms with Crippen molar-refractivity contribution < 1.29 is 4.39 Å². The molecule has 1 N–H and O–H groups in total. The maximum atomic E-state index is 14.0. The van der Waals surface area contributed by atoms with Crippen LogP contribution in [0.25, 0.3) is 0 Å². The SMILES string of the molecule is CCNC(Cc1ccc(Cl)cc1F)c1cc(I)ccc1Br. The van der Waals surface area contributed by atoms with E-state index in [2.05, 4.69) is 49.9 Å². The Hall–Kier alpha value is -0.170. The fourth-order valence-corrected chi connectivity index (χ4v) is 3.42. The van der Waals surface area contributed by atoms with Gasteiger partial charge >= 0.3 is 0 Å². The first-order chi connectivity index (χ1) is 10.0. The van der Waals surface area contributed by atoms with Gasteiger partial charge in [-0.25, -0.2) is 4.39 Å². The highest BCUT2D eigenvalue weighted by Gasteiger charge is 2.16. The minimum absolute atomic E-state index is 0.0507. The van der Waals surface area contributed by atoms with E-state index in [1.807, 2.05) is 19.1 Å². The lowest BCUT2D eigenvalue weighted by molar-refractivity contribution is 0.526. The van der Waals surface area contributed by atoms with Crippen LogP contribution in [0.4, 0.5) is 4.39 Å². The van der Waals surface area contributed by atoms with Crippen molar-refractivity contribution in [1.29, 1.82) is 0 Å². The summed E-state index contributed by atoms with van der Waals surface area (Å²) >= 11 is 11.7. The Kier molecular flexibility index (Phi) is 6.47. The topological polar surface area (TPSA) is 12.0 Å². The highest BCUT2D eigenvalue weighted by atomic mass is 127. The van der Waals surface area contributed by atoms with E-state index in [-0.39, 0.29) is 11.9 Å². The van der Waals surface area contributed by atoms with Crippen LogP contribution in [-0.2, 0) is 6.42 Å². The third-order valence-corrected chi connectivity index (χ3v) is 4.85. The van der Waals surface area contributed by atoms with Crippen molar-refractivity contribution in [3.05, 3.63) is 66.4 Å². The van der Waals surface area contributed by atoms with Gasteiger partial charge in [0.15, 0.2) is 0 Å². The lowest BCUT2D eigenvalue weighted by Gasteiger charge is -2.20. The summed E-state index contributed by atoms with van der Waals surface area (Å²) in [5.74, 6) is -0.257. The second kappa shape index (κ2) is 7.90. The molecule has 0 fully saturated rings. The van der Waals surface area contributed by atoms with Gasteiger partial charge < -0.3 is 5.32 Å². The molecule has 21 heavy (non-hydrogen) atoms. The summed E-state index contributed by atoms with van der Waals surface area (Å²) in [4.78, 5) is 0. The van der Waals surface area contributed by atoms with Crippen LogP contribution < -0.4 is 5.32 Å². The largest absolute Gasteiger partial charge is 0.310 e. The molecule has 0 amide bonds. The van der Waals surface area contributed by atoms with Gasteiger partial charge in [0.2, 0.25) is 0 Å². The zero-order valence-electron chi connectivity index (χ0n) is 11.5. The Morgan fingerprint density at radius 3 is 2.71 bits per heavy atom. The average Bonchev–Trinajstić information content (AvgIpc) is 2.44. The van der Waals surface area contributed by atoms with E-state index >= 15 is 0 Å². The molecule has 0 spiro atoms. The van der Waals surface area contributed by atoms with Gasteiger partial charge in [-0.05, 0) is 77.0 Å². The lowest BCUT2D eigenvalue weighted by atomic mass is 9.98. The number of nitrogens with one attached hydrogen (secondary N) is 1. The zero-order chi connectivity index (χ0) is 15.4. The van der Waals surface area contributed by atoms with E-state index in [1.165, 1.54) is 6.07 Å².